The normalized spacial score (nSPS) is 12.3. The second kappa shape index (κ2) is 10.8. The van der Waals surface area contributed by atoms with E-state index in [9.17, 15) is 9.59 Å². The Morgan fingerprint density at radius 2 is 1.60 bits per heavy atom. The lowest BCUT2D eigenvalue weighted by Crippen LogP contribution is -2.48. The standard InChI is InChI=1S/C24H32N2O4/c1-17(2)19-13-9-10-14-20(19)25-22(27)21(26-23(28)30-24(3,4)5)16-29-15-18-11-7-6-8-12-18/h6-14,17,21H,15-16H2,1-5H3,(H,25,27)(H,26,28). The minimum absolute atomic E-state index is 0.0177. The molecule has 2 aromatic carbocycles. The number of amides is 2. The summed E-state index contributed by atoms with van der Waals surface area (Å²) in [6.45, 7) is 9.78. The van der Waals surface area contributed by atoms with Gasteiger partial charge in [-0.15, -0.1) is 0 Å². The Balaban J connectivity index is 2.08. The van der Waals surface area contributed by atoms with Crippen molar-refractivity contribution in [2.24, 2.45) is 0 Å². The molecule has 1 atom stereocenters. The molecular weight excluding hydrogens is 380 g/mol. The average Bonchev–Trinajstić information content (AvgIpc) is 2.67. The average molecular weight is 413 g/mol. The number of rotatable bonds is 8. The molecule has 2 amide bonds. The van der Waals surface area contributed by atoms with Crippen molar-refractivity contribution in [2.45, 2.75) is 58.8 Å². The van der Waals surface area contributed by atoms with Crippen LogP contribution >= 0.6 is 0 Å². The van der Waals surface area contributed by atoms with Crippen LogP contribution in [0.25, 0.3) is 0 Å². The Hall–Kier alpha value is -2.86. The third kappa shape index (κ3) is 7.87. The van der Waals surface area contributed by atoms with Gasteiger partial charge in [-0.1, -0.05) is 62.4 Å². The topological polar surface area (TPSA) is 76.7 Å². The molecule has 6 heteroatoms. The highest BCUT2D eigenvalue weighted by Gasteiger charge is 2.25. The minimum atomic E-state index is -0.899. The van der Waals surface area contributed by atoms with Crippen molar-refractivity contribution in [3.8, 4) is 0 Å². The van der Waals surface area contributed by atoms with Gasteiger partial charge in [0.15, 0.2) is 0 Å². The largest absolute Gasteiger partial charge is 0.444 e. The Labute approximate surface area is 179 Å². The van der Waals surface area contributed by atoms with Gasteiger partial charge in [0.05, 0.1) is 13.2 Å². The number of nitrogens with one attached hydrogen (secondary N) is 2. The Bertz CT molecular complexity index is 829. The van der Waals surface area contributed by atoms with Crippen molar-refractivity contribution in [3.63, 3.8) is 0 Å². The van der Waals surface area contributed by atoms with Crippen LogP contribution < -0.4 is 10.6 Å². The molecule has 0 spiro atoms. The molecular formula is C24H32N2O4. The summed E-state index contributed by atoms with van der Waals surface area (Å²) >= 11 is 0. The van der Waals surface area contributed by atoms with Crippen LogP contribution in [0.2, 0.25) is 0 Å². The molecule has 0 aliphatic carbocycles. The van der Waals surface area contributed by atoms with Gasteiger partial charge < -0.3 is 20.1 Å². The van der Waals surface area contributed by atoms with E-state index >= 15 is 0 Å². The highest BCUT2D eigenvalue weighted by Crippen LogP contribution is 2.23. The van der Waals surface area contributed by atoms with Gasteiger partial charge >= 0.3 is 6.09 Å². The maximum absolute atomic E-state index is 13.0. The quantitative estimate of drug-likeness (QED) is 0.649. The van der Waals surface area contributed by atoms with Gasteiger partial charge in [-0.3, -0.25) is 4.79 Å². The van der Waals surface area contributed by atoms with Crippen LogP contribution in [-0.4, -0.2) is 30.3 Å². The van der Waals surface area contributed by atoms with Gasteiger partial charge in [0.1, 0.15) is 11.6 Å². The van der Waals surface area contributed by atoms with E-state index in [1.807, 2.05) is 54.6 Å². The summed E-state index contributed by atoms with van der Waals surface area (Å²) in [5, 5.41) is 5.55. The Kier molecular flexibility index (Phi) is 8.42. The van der Waals surface area contributed by atoms with Gasteiger partial charge in [0.2, 0.25) is 5.91 Å². The fourth-order valence-corrected chi connectivity index (χ4v) is 2.84. The molecule has 0 aromatic heterocycles. The molecule has 162 valence electrons. The first-order valence-electron chi connectivity index (χ1n) is 10.2. The predicted octanol–water partition coefficient (Wildman–Crippen LogP) is 4.86. The molecule has 0 saturated heterocycles. The molecule has 0 bridgehead atoms. The van der Waals surface area contributed by atoms with E-state index in [1.165, 1.54) is 0 Å². The maximum Gasteiger partial charge on any atom is 0.408 e. The second-order valence-electron chi connectivity index (χ2n) is 8.43. The van der Waals surface area contributed by atoms with Crippen LogP contribution in [-0.2, 0) is 20.9 Å². The Morgan fingerprint density at radius 3 is 2.23 bits per heavy atom. The van der Waals surface area contributed by atoms with E-state index in [0.717, 1.165) is 16.8 Å². The lowest BCUT2D eigenvalue weighted by atomic mass is 10.0. The molecule has 0 saturated carbocycles. The molecule has 2 N–H and O–H groups in total. The third-order valence-electron chi connectivity index (χ3n) is 4.24. The second-order valence-corrected chi connectivity index (χ2v) is 8.43. The molecule has 0 heterocycles. The van der Waals surface area contributed by atoms with Crippen LogP contribution in [0.3, 0.4) is 0 Å². The zero-order valence-corrected chi connectivity index (χ0v) is 18.4. The van der Waals surface area contributed by atoms with Gasteiger partial charge in [0, 0.05) is 5.69 Å². The van der Waals surface area contributed by atoms with Crippen LogP contribution in [0, 0.1) is 0 Å². The number of carbonyl (C=O) groups excluding carboxylic acids is 2. The first kappa shape index (κ1) is 23.4. The summed E-state index contributed by atoms with van der Waals surface area (Å²) in [6, 6.07) is 16.4. The van der Waals surface area contributed by atoms with Crippen molar-refractivity contribution < 1.29 is 19.1 Å². The van der Waals surface area contributed by atoms with Crippen LogP contribution in [0.15, 0.2) is 54.6 Å². The summed E-state index contributed by atoms with van der Waals surface area (Å²) in [5.41, 5.74) is 2.06. The Morgan fingerprint density at radius 1 is 0.967 bits per heavy atom. The first-order chi connectivity index (χ1) is 14.2. The number of carbonyl (C=O) groups is 2. The molecule has 2 aromatic rings. The van der Waals surface area contributed by atoms with Crippen LogP contribution in [0.1, 0.15) is 51.7 Å². The maximum atomic E-state index is 13.0. The number of para-hydroxylation sites is 1. The van der Waals surface area contributed by atoms with E-state index < -0.39 is 17.7 Å². The predicted molar refractivity (Wildman–Crippen MR) is 118 cm³/mol. The molecule has 0 aliphatic rings. The van der Waals surface area contributed by atoms with Crippen molar-refractivity contribution >= 4 is 17.7 Å². The highest BCUT2D eigenvalue weighted by molar-refractivity contribution is 5.97. The molecule has 2 rings (SSSR count). The molecule has 0 fully saturated rings. The summed E-state index contributed by atoms with van der Waals surface area (Å²) in [5.74, 6) is -0.116. The van der Waals surface area contributed by atoms with Crippen molar-refractivity contribution in [1.82, 2.24) is 5.32 Å². The fourth-order valence-electron chi connectivity index (χ4n) is 2.84. The number of benzene rings is 2. The van der Waals surface area contributed by atoms with Crippen molar-refractivity contribution in [2.75, 3.05) is 11.9 Å². The fraction of sp³-hybridized carbons (Fsp3) is 0.417. The lowest BCUT2D eigenvalue weighted by Gasteiger charge is -2.24. The van der Waals surface area contributed by atoms with Crippen LogP contribution in [0.5, 0.6) is 0 Å². The van der Waals surface area contributed by atoms with Crippen molar-refractivity contribution in [1.29, 1.82) is 0 Å². The molecule has 6 nitrogen and oxygen atoms in total. The molecule has 1 unspecified atom stereocenters. The number of hydrogen-bond acceptors (Lipinski definition) is 4. The first-order valence-corrected chi connectivity index (χ1v) is 10.2. The highest BCUT2D eigenvalue weighted by atomic mass is 16.6. The monoisotopic (exact) mass is 412 g/mol. The SMILES string of the molecule is CC(C)c1ccccc1NC(=O)C(COCc1ccccc1)NC(=O)OC(C)(C)C. The van der Waals surface area contributed by atoms with Gasteiger partial charge in [-0.05, 0) is 43.9 Å². The minimum Gasteiger partial charge on any atom is -0.444 e. The van der Waals surface area contributed by atoms with Gasteiger partial charge in [0.25, 0.3) is 0 Å². The zero-order chi connectivity index (χ0) is 22.1. The zero-order valence-electron chi connectivity index (χ0n) is 18.4. The molecule has 30 heavy (non-hydrogen) atoms. The van der Waals surface area contributed by atoms with E-state index in [2.05, 4.69) is 24.5 Å². The lowest BCUT2D eigenvalue weighted by molar-refractivity contribution is -0.119. The number of anilines is 1. The number of ether oxygens (including phenoxy) is 2. The van der Waals surface area contributed by atoms with E-state index in [0.29, 0.717) is 6.61 Å². The molecule has 0 aliphatic heterocycles. The van der Waals surface area contributed by atoms with Crippen LogP contribution in [0.4, 0.5) is 10.5 Å². The van der Waals surface area contributed by atoms with E-state index in [4.69, 9.17) is 9.47 Å². The number of alkyl carbamates (subject to hydrolysis) is 1. The number of hydrogen-bond donors (Lipinski definition) is 2. The van der Waals surface area contributed by atoms with E-state index in [-0.39, 0.29) is 18.4 Å². The molecule has 0 radical (unpaired) electrons. The summed E-state index contributed by atoms with van der Waals surface area (Å²) in [6.07, 6.45) is -0.664. The van der Waals surface area contributed by atoms with Gasteiger partial charge in [-0.25, -0.2) is 4.79 Å². The summed E-state index contributed by atoms with van der Waals surface area (Å²) in [7, 11) is 0. The van der Waals surface area contributed by atoms with E-state index in [1.54, 1.807) is 20.8 Å². The van der Waals surface area contributed by atoms with Crippen molar-refractivity contribution in [3.05, 3.63) is 65.7 Å². The summed E-state index contributed by atoms with van der Waals surface area (Å²) < 4.78 is 11.0. The smallest absolute Gasteiger partial charge is 0.408 e. The third-order valence-corrected chi connectivity index (χ3v) is 4.24. The summed E-state index contributed by atoms with van der Waals surface area (Å²) in [4.78, 5) is 25.2. The van der Waals surface area contributed by atoms with Gasteiger partial charge in [-0.2, -0.15) is 0 Å².